The van der Waals surface area contributed by atoms with Crippen molar-refractivity contribution >= 4 is 5.96 Å². The monoisotopic (exact) mass is 293 g/mol. The van der Waals surface area contributed by atoms with Gasteiger partial charge in [0.2, 0.25) is 0 Å². The van der Waals surface area contributed by atoms with Gasteiger partial charge in [-0.1, -0.05) is 13.8 Å². The highest BCUT2D eigenvalue weighted by Gasteiger charge is 2.08. The lowest BCUT2D eigenvalue weighted by Crippen LogP contribution is -2.42. The predicted octanol–water partition coefficient (Wildman–Crippen LogP) is 2.49. The molecule has 0 aliphatic rings. The lowest BCUT2D eigenvalue weighted by molar-refractivity contribution is 0.449. The summed E-state index contributed by atoms with van der Waals surface area (Å²) < 4.78 is 2.07. The van der Waals surface area contributed by atoms with Gasteiger partial charge in [0, 0.05) is 31.4 Å². The molecule has 2 unspecified atom stereocenters. The van der Waals surface area contributed by atoms with E-state index in [0.717, 1.165) is 37.7 Å². The Hall–Kier alpha value is -1.52. The minimum Gasteiger partial charge on any atom is -0.357 e. The molecule has 0 bridgehead atoms. The molecule has 21 heavy (non-hydrogen) atoms. The Balaban J connectivity index is 2.56. The van der Waals surface area contributed by atoms with Crippen molar-refractivity contribution in [3.8, 4) is 0 Å². The van der Waals surface area contributed by atoms with Gasteiger partial charge in [0.1, 0.15) is 0 Å². The van der Waals surface area contributed by atoms with E-state index in [0.29, 0.717) is 12.0 Å². The van der Waals surface area contributed by atoms with Gasteiger partial charge in [0.15, 0.2) is 5.96 Å². The van der Waals surface area contributed by atoms with Gasteiger partial charge in [-0.05, 0) is 46.1 Å². The number of hydrogen-bond acceptors (Lipinski definition) is 2. The number of rotatable bonds is 7. The van der Waals surface area contributed by atoms with Crippen molar-refractivity contribution in [2.24, 2.45) is 10.9 Å². The predicted molar refractivity (Wildman–Crippen MR) is 89.7 cm³/mol. The van der Waals surface area contributed by atoms with E-state index >= 15 is 0 Å². The van der Waals surface area contributed by atoms with Gasteiger partial charge in [-0.3, -0.25) is 9.67 Å². The van der Waals surface area contributed by atoms with Crippen molar-refractivity contribution in [2.75, 3.05) is 13.1 Å². The summed E-state index contributed by atoms with van der Waals surface area (Å²) in [6.45, 7) is 15.4. The van der Waals surface area contributed by atoms with Crippen molar-refractivity contribution in [3.05, 3.63) is 17.5 Å². The number of hydrogen-bond donors (Lipinski definition) is 2. The Morgan fingerprint density at radius 2 is 2.05 bits per heavy atom. The number of nitrogens with one attached hydrogen (secondary N) is 2. The zero-order valence-corrected chi connectivity index (χ0v) is 14.4. The zero-order chi connectivity index (χ0) is 15.8. The van der Waals surface area contributed by atoms with Crippen LogP contribution in [0.4, 0.5) is 0 Å². The van der Waals surface area contributed by atoms with Gasteiger partial charge in [-0.25, -0.2) is 0 Å². The Morgan fingerprint density at radius 3 is 2.57 bits per heavy atom. The van der Waals surface area contributed by atoms with Crippen molar-refractivity contribution < 1.29 is 0 Å². The molecule has 2 atom stereocenters. The maximum atomic E-state index is 4.69. The van der Waals surface area contributed by atoms with Crippen molar-refractivity contribution in [1.29, 1.82) is 0 Å². The molecule has 1 aromatic heterocycles. The Bertz CT molecular complexity index is 450. The first-order valence-electron chi connectivity index (χ1n) is 8.02. The molecule has 5 nitrogen and oxygen atoms in total. The van der Waals surface area contributed by atoms with Gasteiger partial charge in [0.05, 0.1) is 5.69 Å². The standard InChI is InChI=1S/C16H31N5/c1-7-13(4)19-16(17-8-2)18-10-12(3)11-21-15(6)9-14(5)20-21/h9,12-13H,7-8,10-11H2,1-6H3,(H2,17,18,19). The summed E-state index contributed by atoms with van der Waals surface area (Å²) in [4.78, 5) is 4.69. The maximum absolute atomic E-state index is 4.69. The molecule has 120 valence electrons. The summed E-state index contributed by atoms with van der Waals surface area (Å²) in [6.07, 6.45) is 1.09. The fourth-order valence-electron chi connectivity index (χ4n) is 2.12. The van der Waals surface area contributed by atoms with Crippen LogP contribution in [0.2, 0.25) is 0 Å². The normalized spacial score (nSPS) is 14.9. The zero-order valence-electron chi connectivity index (χ0n) is 14.4. The first-order valence-corrected chi connectivity index (χ1v) is 8.02. The fraction of sp³-hybridized carbons (Fsp3) is 0.750. The highest BCUT2D eigenvalue weighted by atomic mass is 15.3. The number of aryl methyl sites for hydroxylation is 2. The van der Waals surface area contributed by atoms with Crippen LogP contribution in [0.5, 0.6) is 0 Å². The van der Waals surface area contributed by atoms with E-state index in [1.165, 1.54) is 5.69 Å². The van der Waals surface area contributed by atoms with E-state index in [-0.39, 0.29) is 0 Å². The Labute approximate surface area is 129 Å². The number of aromatic nitrogens is 2. The molecule has 5 heteroatoms. The largest absolute Gasteiger partial charge is 0.357 e. The van der Waals surface area contributed by atoms with E-state index in [1.807, 2.05) is 6.92 Å². The van der Waals surface area contributed by atoms with Crippen molar-refractivity contribution in [1.82, 2.24) is 20.4 Å². The molecule has 0 aliphatic heterocycles. The van der Waals surface area contributed by atoms with Crippen molar-refractivity contribution in [3.63, 3.8) is 0 Å². The highest BCUT2D eigenvalue weighted by molar-refractivity contribution is 5.80. The molecule has 0 saturated heterocycles. The topological polar surface area (TPSA) is 54.2 Å². The van der Waals surface area contributed by atoms with Gasteiger partial charge < -0.3 is 10.6 Å². The lowest BCUT2D eigenvalue weighted by atomic mass is 10.2. The molecule has 0 fully saturated rings. The number of aliphatic imine (C=N–C) groups is 1. The molecular formula is C16H31N5. The van der Waals surface area contributed by atoms with E-state index < -0.39 is 0 Å². The minimum absolute atomic E-state index is 0.439. The highest BCUT2D eigenvalue weighted by Crippen LogP contribution is 2.06. The molecule has 0 amide bonds. The van der Waals surface area contributed by atoms with E-state index in [1.54, 1.807) is 0 Å². The second-order valence-electron chi connectivity index (χ2n) is 5.89. The van der Waals surface area contributed by atoms with E-state index in [9.17, 15) is 0 Å². The first-order chi connectivity index (χ1) is 9.96. The molecule has 0 aromatic carbocycles. The van der Waals surface area contributed by atoms with Crippen LogP contribution in [-0.4, -0.2) is 34.9 Å². The molecule has 1 rings (SSSR count). The molecule has 2 N–H and O–H groups in total. The van der Waals surface area contributed by atoms with Crippen LogP contribution < -0.4 is 10.6 Å². The average Bonchev–Trinajstić information content (AvgIpc) is 2.74. The summed E-state index contributed by atoms with van der Waals surface area (Å²) in [5, 5.41) is 11.2. The van der Waals surface area contributed by atoms with Crippen LogP contribution in [0.1, 0.15) is 45.5 Å². The van der Waals surface area contributed by atoms with Crippen LogP contribution >= 0.6 is 0 Å². The Morgan fingerprint density at radius 1 is 1.33 bits per heavy atom. The van der Waals surface area contributed by atoms with Crippen LogP contribution in [0.3, 0.4) is 0 Å². The minimum atomic E-state index is 0.439. The maximum Gasteiger partial charge on any atom is 0.191 e. The fourth-order valence-corrected chi connectivity index (χ4v) is 2.12. The molecular weight excluding hydrogens is 262 g/mol. The second-order valence-corrected chi connectivity index (χ2v) is 5.89. The van der Waals surface area contributed by atoms with Crippen LogP contribution in [0.25, 0.3) is 0 Å². The lowest BCUT2D eigenvalue weighted by Gasteiger charge is -2.17. The quantitative estimate of drug-likeness (QED) is 0.600. The van der Waals surface area contributed by atoms with Gasteiger partial charge in [-0.2, -0.15) is 5.10 Å². The summed E-state index contributed by atoms with van der Waals surface area (Å²) in [5.41, 5.74) is 2.29. The molecule has 1 aromatic rings. The third kappa shape index (κ3) is 6.19. The summed E-state index contributed by atoms with van der Waals surface area (Å²) in [6, 6.07) is 2.55. The van der Waals surface area contributed by atoms with Gasteiger partial charge >= 0.3 is 0 Å². The third-order valence-corrected chi connectivity index (χ3v) is 3.49. The van der Waals surface area contributed by atoms with E-state index in [4.69, 9.17) is 0 Å². The molecule has 0 radical (unpaired) electrons. The third-order valence-electron chi connectivity index (χ3n) is 3.49. The van der Waals surface area contributed by atoms with Gasteiger partial charge in [0.25, 0.3) is 0 Å². The summed E-state index contributed by atoms with van der Waals surface area (Å²) in [7, 11) is 0. The molecule has 0 spiro atoms. The molecule has 1 heterocycles. The second kappa shape index (κ2) is 8.70. The van der Waals surface area contributed by atoms with Crippen LogP contribution in [0, 0.1) is 19.8 Å². The first kappa shape index (κ1) is 17.5. The Kier molecular flexibility index (Phi) is 7.26. The molecule has 0 aliphatic carbocycles. The summed E-state index contributed by atoms with van der Waals surface area (Å²) in [5.74, 6) is 1.36. The number of nitrogens with zero attached hydrogens (tertiary/aromatic N) is 3. The van der Waals surface area contributed by atoms with Crippen LogP contribution in [-0.2, 0) is 6.54 Å². The van der Waals surface area contributed by atoms with Crippen molar-refractivity contribution in [2.45, 2.75) is 60.5 Å². The average molecular weight is 293 g/mol. The molecule has 0 saturated carbocycles. The van der Waals surface area contributed by atoms with E-state index in [2.05, 4.69) is 66.1 Å². The van der Waals surface area contributed by atoms with Crippen LogP contribution in [0.15, 0.2) is 11.1 Å². The number of guanidine groups is 1. The summed E-state index contributed by atoms with van der Waals surface area (Å²) >= 11 is 0. The smallest absolute Gasteiger partial charge is 0.191 e. The van der Waals surface area contributed by atoms with Gasteiger partial charge in [-0.15, -0.1) is 0 Å². The SMILES string of the molecule is CCNC(=NCC(C)Cn1nc(C)cc1C)NC(C)CC.